The van der Waals surface area contributed by atoms with Crippen LogP contribution in [0.1, 0.15) is 25.0 Å². The van der Waals surface area contributed by atoms with Gasteiger partial charge in [-0.2, -0.15) is 0 Å². The van der Waals surface area contributed by atoms with Gasteiger partial charge in [-0.15, -0.1) is 0 Å². The number of nitrogens with one attached hydrogen (secondary N) is 1. The quantitative estimate of drug-likeness (QED) is 0.179. The smallest absolute Gasteiger partial charge is 0.264 e. The van der Waals surface area contributed by atoms with Gasteiger partial charge >= 0.3 is 0 Å². The Hall–Kier alpha value is -4.61. The van der Waals surface area contributed by atoms with Crippen LogP contribution in [0.3, 0.4) is 0 Å². The molecule has 0 aliphatic heterocycles. The van der Waals surface area contributed by atoms with Crippen molar-refractivity contribution in [3.05, 3.63) is 119 Å². The van der Waals surface area contributed by atoms with E-state index in [4.69, 9.17) is 21.1 Å². The summed E-state index contributed by atoms with van der Waals surface area (Å²) < 4.78 is 54.0. The molecule has 0 heterocycles. The summed E-state index contributed by atoms with van der Waals surface area (Å²) in [5.41, 5.74) is 1.52. The number of methoxy groups -OCH3 is 2. The highest BCUT2D eigenvalue weighted by Gasteiger charge is 2.35. The number of carbonyl (C=O) groups is 2. The number of rotatable bonds is 14. The second-order valence-electron chi connectivity index (χ2n) is 11.0. The minimum absolute atomic E-state index is 0.0903. The van der Waals surface area contributed by atoms with Crippen LogP contribution in [0.2, 0.25) is 5.02 Å². The van der Waals surface area contributed by atoms with Gasteiger partial charge in [0, 0.05) is 30.1 Å². The molecule has 0 saturated heterocycles. The second kappa shape index (κ2) is 15.8. The molecule has 1 atom stereocenters. The molecule has 0 bridgehead atoms. The highest BCUT2D eigenvalue weighted by molar-refractivity contribution is 7.92. The molecule has 0 aromatic heterocycles. The maximum atomic E-state index is 14.5. The Kier molecular flexibility index (Phi) is 11.8. The van der Waals surface area contributed by atoms with E-state index in [9.17, 15) is 22.4 Å². The average Bonchev–Trinajstić information content (AvgIpc) is 3.06. The van der Waals surface area contributed by atoms with Crippen LogP contribution in [-0.4, -0.2) is 58.0 Å². The first-order valence-corrected chi connectivity index (χ1v) is 16.6. The Bertz CT molecular complexity index is 1770. The zero-order valence-corrected chi connectivity index (χ0v) is 28.1. The first-order valence-electron chi connectivity index (χ1n) is 14.8. The largest absolute Gasteiger partial charge is 0.493 e. The molecular formula is C35H37ClFN3O6S. The molecule has 1 N–H and O–H groups in total. The average molecular weight is 682 g/mol. The van der Waals surface area contributed by atoms with E-state index < -0.39 is 40.2 Å². The number of ether oxygens (including phenoxy) is 2. The molecule has 2 amide bonds. The summed E-state index contributed by atoms with van der Waals surface area (Å²) in [5, 5.41) is 3.27. The molecule has 248 valence electrons. The standard InChI is InChI=1S/C35H37ClFN3O6S/c1-24(2)38-35(42)31(20-25-8-6-5-7-9-25)39(22-26-10-14-28(37)15-11-26)34(41)23-40(29-16-12-27(36)13-17-29)47(43,44)30-18-19-32(45-3)33(21-30)46-4/h5-19,21,24,31H,20,22-23H2,1-4H3,(H,38,42)/t31-/m1/s1. The first kappa shape index (κ1) is 35.2. The van der Waals surface area contributed by atoms with Gasteiger partial charge in [0.2, 0.25) is 11.8 Å². The molecule has 0 saturated carbocycles. The number of carbonyl (C=O) groups excluding carboxylic acids is 2. The highest BCUT2D eigenvalue weighted by Crippen LogP contribution is 2.33. The lowest BCUT2D eigenvalue weighted by atomic mass is 10.0. The van der Waals surface area contributed by atoms with Gasteiger partial charge in [-0.1, -0.05) is 54.1 Å². The molecule has 4 rings (SSSR count). The lowest BCUT2D eigenvalue weighted by molar-refractivity contribution is -0.140. The van der Waals surface area contributed by atoms with Crippen molar-refractivity contribution in [2.75, 3.05) is 25.1 Å². The van der Waals surface area contributed by atoms with Crippen molar-refractivity contribution in [3.8, 4) is 11.5 Å². The number of nitrogens with zero attached hydrogens (tertiary/aromatic N) is 2. The zero-order chi connectivity index (χ0) is 34.1. The van der Waals surface area contributed by atoms with Crippen molar-refractivity contribution in [3.63, 3.8) is 0 Å². The molecule has 0 unspecified atom stereocenters. The maximum absolute atomic E-state index is 14.5. The molecule has 0 aliphatic rings. The van der Waals surface area contributed by atoms with Gasteiger partial charge in [0.05, 0.1) is 24.8 Å². The van der Waals surface area contributed by atoms with Gasteiger partial charge < -0.3 is 19.7 Å². The normalized spacial score (nSPS) is 11.9. The number of hydrogen-bond donors (Lipinski definition) is 1. The Morgan fingerprint density at radius 2 is 1.49 bits per heavy atom. The molecule has 0 fully saturated rings. The lowest BCUT2D eigenvalue weighted by Gasteiger charge is -2.34. The van der Waals surface area contributed by atoms with E-state index in [2.05, 4.69) is 5.32 Å². The Labute approximate surface area is 279 Å². The molecule has 9 nitrogen and oxygen atoms in total. The molecule has 47 heavy (non-hydrogen) atoms. The van der Waals surface area contributed by atoms with Crippen molar-refractivity contribution in [2.24, 2.45) is 0 Å². The number of halogens is 2. The van der Waals surface area contributed by atoms with Gasteiger partial charge in [0.1, 0.15) is 18.4 Å². The topological polar surface area (TPSA) is 105 Å². The molecule has 0 spiro atoms. The van der Waals surface area contributed by atoms with E-state index in [0.717, 1.165) is 9.87 Å². The van der Waals surface area contributed by atoms with Crippen LogP contribution < -0.4 is 19.1 Å². The minimum atomic E-state index is -4.40. The van der Waals surface area contributed by atoms with Crippen molar-refractivity contribution in [2.45, 2.75) is 43.8 Å². The van der Waals surface area contributed by atoms with Crippen LogP contribution in [0.15, 0.2) is 102 Å². The Morgan fingerprint density at radius 3 is 2.09 bits per heavy atom. The van der Waals surface area contributed by atoms with Crippen LogP contribution in [0.5, 0.6) is 11.5 Å². The first-order chi connectivity index (χ1) is 22.4. The molecule has 4 aromatic rings. The third-order valence-corrected chi connectivity index (χ3v) is 9.33. The van der Waals surface area contributed by atoms with E-state index in [1.54, 1.807) is 0 Å². The van der Waals surface area contributed by atoms with E-state index in [-0.39, 0.29) is 35.3 Å². The van der Waals surface area contributed by atoms with Gasteiger partial charge in [0.15, 0.2) is 11.5 Å². The number of amides is 2. The van der Waals surface area contributed by atoms with Crippen molar-refractivity contribution < 1.29 is 31.9 Å². The molecule has 12 heteroatoms. The van der Waals surface area contributed by atoms with Gasteiger partial charge in [-0.05, 0) is 73.5 Å². The van der Waals surface area contributed by atoms with E-state index >= 15 is 0 Å². The van der Waals surface area contributed by atoms with Crippen LogP contribution in [0.25, 0.3) is 0 Å². The van der Waals surface area contributed by atoms with Gasteiger partial charge in [0.25, 0.3) is 10.0 Å². The van der Waals surface area contributed by atoms with E-state index in [0.29, 0.717) is 16.3 Å². The number of anilines is 1. The maximum Gasteiger partial charge on any atom is 0.264 e. The lowest BCUT2D eigenvalue weighted by Crippen LogP contribution is -2.54. The van der Waals surface area contributed by atoms with Crippen molar-refractivity contribution in [1.29, 1.82) is 0 Å². The van der Waals surface area contributed by atoms with E-state index in [1.165, 1.54) is 85.8 Å². The third kappa shape index (κ3) is 9.02. The van der Waals surface area contributed by atoms with Crippen LogP contribution in [-0.2, 0) is 32.6 Å². The summed E-state index contributed by atoms with van der Waals surface area (Å²) in [6.45, 7) is 2.86. The zero-order valence-electron chi connectivity index (χ0n) is 26.5. The van der Waals surface area contributed by atoms with Crippen LogP contribution >= 0.6 is 11.6 Å². The van der Waals surface area contributed by atoms with Gasteiger partial charge in [-0.25, -0.2) is 12.8 Å². The SMILES string of the molecule is COc1ccc(S(=O)(=O)N(CC(=O)N(Cc2ccc(F)cc2)[C@H](Cc2ccccc2)C(=O)NC(C)C)c2ccc(Cl)cc2)cc1OC. The summed E-state index contributed by atoms with van der Waals surface area (Å²) in [6.07, 6.45) is 0.149. The number of sulfonamides is 1. The summed E-state index contributed by atoms with van der Waals surface area (Å²) >= 11 is 6.13. The third-order valence-electron chi connectivity index (χ3n) is 7.30. The summed E-state index contributed by atoms with van der Waals surface area (Å²) in [5.74, 6) is -1.03. The second-order valence-corrected chi connectivity index (χ2v) is 13.3. The fourth-order valence-corrected chi connectivity index (χ4v) is 6.52. The monoisotopic (exact) mass is 681 g/mol. The van der Waals surface area contributed by atoms with Gasteiger partial charge in [-0.3, -0.25) is 13.9 Å². The fraction of sp³-hybridized carbons (Fsp3) is 0.257. The fourth-order valence-electron chi connectivity index (χ4n) is 4.96. The number of hydrogen-bond acceptors (Lipinski definition) is 6. The van der Waals surface area contributed by atoms with E-state index in [1.807, 2.05) is 44.2 Å². The summed E-state index contributed by atoms with van der Waals surface area (Å²) in [4.78, 5) is 29.4. The molecule has 4 aromatic carbocycles. The minimum Gasteiger partial charge on any atom is -0.493 e. The number of benzene rings is 4. The molecular weight excluding hydrogens is 645 g/mol. The van der Waals surface area contributed by atoms with Crippen LogP contribution in [0, 0.1) is 5.82 Å². The van der Waals surface area contributed by atoms with Crippen LogP contribution in [0.4, 0.5) is 10.1 Å². The summed E-state index contributed by atoms with van der Waals surface area (Å²) in [6, 6.07) is 23.6. The Balaban J connectivity index is 1.82. The predicted octanol–water partition coefficient (Wildman–Crippen LogP) is 5.86. The molecule has 0 aliphatic carbocycles. The summed E-state index contributed by atoms with van der Waals surface area (Å²) in [7, 11) is -1.58. The van der Waals surface area contributed by atoms with Crippen molar-refractivity contribution in [1.82, 2.24) is 10.2 Å². The molecule has 0 radical (unpaired) electrons. The highest BCUT2D eigenvalue weighted by atomic mass is 35.5. The predicted molar refractivity (Wildman–Crippen MR) is 180 cm³/mol. The van der Waals surface area contributed by atoms with Crippen molar-refractivity contribution >= 4 is 39.1 Å². The Morgan fingerprint density at radius 1 is 0.851 bits per heavy atom.